The number of fused-ring (bicyclic) bond motifs is 1. The van der Waals surface area contributed by atoms with Gasteiger partial charge in [-0.15, -0.1) is 0 Å². The Hall–Kier alpha value is -0.330. The van der Waals surface area contributed by atoms with Crippen LogP contribution in [0.5, 0.6) is 0 Å². The molecule has 0 heterocycles. The first kappa shape index (κ1) is 10.2. The number of ketones is 1. The zero-order valence-electron chi connectivity index (χ0n) is 9.73. The summed E-state index contributed by atoms with van der Waals surface area (Å²) in [5.74, 6) is 1.18. The van der Waals surface area contributed by atoms with Crippen molar-refractivity contribution in [1.29, 1.82) is 0 Å². The Kier molecular flexibility index (Phi) is 2.24. The van der Waals surface area contributed by atoms with Gasteiger partial charge in [-0.2, -0.15) is 0 Å². The van der Waals surface area contributed by atoms with Crippen LogP contribution in [0.2, 0.25) is 0 Å². The summed E-state index contributed by atoms with van der Waals surface area (Å²) in [5, 5.41) is 0. The lowest BCUT2D eigenvalue weighted by molar-refractivity contribution is -0.127. The van der Waals surface area contributed by atoms with Crippen molar-refractivity contribution in [2.24, 2.45) is 16.7 Å². The van der Waals surface area contributed by atoms with Gasteiger partial charge >= 0.3 is 0 Å². The molecule has 2 rings (SSSR count). The predicted molar refractivity (Wildman–Crippen MR) is 58.1 cm³/mol. The van der Waals surface area contributed by atoms with Gasteiger partial charge in [0.1, 0.15) is 5.78 Å². The topological polar surface area (TPSA) is 17.1 Å². The van der Waals surface area contributed by atoms with E-state index >= 15 is 0 Å². The van der Waals surface area contributed by atoms with E-state index < -0.39 is 0 Å². The number of hydrogen-bond acceptors (Lipinski definition) is 1. The van der Waals surface area contributed by atoms with Crippen LogP contribution >= 0.6 is 0 Å². The van der Waals surface area contributed by atoms with Crippen molar-refractivity contribution >= 4 is 5.78 Å². The van der Waals surface area contributed by atoms with Crippen molar-refractivity contribution in [2.75, 3.05) is 0 Å². The van der Waals surface area contributed by atoms with Crippen LogP contribution in [-0.2, 0) is 4.79 Å². The van der Waals surface area contributed by atoms with Gasteiger partial charge in [0.2, 0.25) is 0 Å². The lowest BCUT2D eigenvalue weighted by Gasteiger charge is -2.50. The highest BCUT2D eigenvalue weighted by Gasteiger charge is 2.45. The van der Waals surface area contributed by atoms with Gasteiger partial charge in [0.05, 0.1) is 0 Å². The van der Waals surface area contributed by atoms with Crippen molar-refractivity contribution < 1.29 is 4.79 Å². The van der Waals surface area contributed by atoms with Gasteiger partial charge in [-0.3, -0.25) is 4.79 Å². The van der Waals surface area contributed by atoms with Crippen LogP contribution in [0, 0.1) is 16.7 Å². The molecule has 0 bridgehead atoms. The summed E-state index contributed by atoms with van der Waals surface area (Å²) in [6.45, 7) is 7.11. The molecule has 0 radical (unpaired) electrons. The highest BCUT2D eigenvalue weighted by molar-refractivity contribution is 5.79. The minimum atomic E-state index is 0.474. The van der Waals surface area contributed by atoms with Crippen molar-refractivity contribution in [3.8, 4) is 0 Å². The predicted octanol–water partition coefficient (Wildman–Crippen LogP) is 3.57. The molecule has 0 aromatic carbocycles. The Morgan fingerprint density at radius 3 is 2.57 bits per heavy atom. The third kappa shape index (κ3) is 1.74. The van der Waals surface area contributed by atoms with Gasteiger partial charge < -0.3 is 0 Å². The molecule has 2 aliphatic rings. The van der Waals surface area contributed by atoms with Crippen LogP contribution in [-0.4, -0.2) is 5.78 Å². The van der Waals surface area contributed by atoms with Gasteiger partial charge in [0.15, 0.2) is 0 Å². The zero-order chi connectivity index (χ0) is 10.4. The molecule has 2 saturated carbocycles. The molecular formula is C13H22O. The molecule has 0 aliphatic heterocycles. The molecule has 0 aromatic heterocycles. The van der Waals surface area contributed by atoms with E-state index in [4.69, 9.17) is 0 Å². The van der Waals surface area contributed by atoms with Crippen LogP contribution in [0.15, 0.2) is 0 Å². The Morgan fingerprint density at radius 1 is 1.14 bits per heavy atom. The summed E-state index contributed by atoms with van der Waals surface area (Å²) in [4.78, 5) is 11.5. The van der Waals surface area contributed by atoms with Gasteiger partial charge in [0, 0.05) is 12.8 Å². The molecule has 0 spiro atoms. The molecule has 2 aliphatic carbocycles. The standard InChI is InChI=1S/C13H22O/c1-12(2)6-7-13(3)5-4-11(14)8-10(13)9-12/h10H,4-9H2,1-3H3. The summed E-state index contributed by atoms with van der Waals surface area (Å²) >= 11 is 0. The van der Waals surface area contributed by atoms with E-state index in [0.717, 1.165) is 19.3 Å². The van der Waals surface area contributed by atoms with Gasteiger partial charge in [-0.1, -0.05) is 20.8 Å². The molecule has 1 nitrogen and oxygen atoms in total. The molecule has 0 aromatic rings. The van der Waals surface area contributed by atoms with E-state index in [1.54, 1.807) is 0 Å². The minimum absolute atomic E-state index is 0.474. The largest absolute Gasteiger partial charge is 0.300 e. The molecule has 2 unspecified atom stereocenters. The van der Waals surface area contributed by atoms with Gasteiger partial charge in [0.25, 0.3) is 0 Å². The third-order valence-corrected chi connectivity index (χ3v) is 4.61. The average Bonchev–Trinajstić information content (AvgIpc) is 2.08. The van der Waals surface area contributed by atoms with Crippen LogP contribution in [0.25, 0.3) is 0 Å². The van der Waals surface area contributed by atoms with Crippen molar-refractivity contribution in [3.63, 3.8) is 0 Å². The molecule has 1 heteroatoms. The lowest BCUT2D eigenvalue weighted by atomic mass is 9.55. The molecule has 14 heavy (non-hydrogen) atoms. The fourth-order valence-corrected chi connectivity index (χ4v) is 3.29. The summed E-state index contributed by atoms with van der Waals surface area (Å²) in [7, 11) is 0. The maximum Gasteiger partial charge on any atom is 0.133 e. The smallest absolute Gasteiger partial charge is 0.133 e. The fraction of sp³-hybridized carbons (Fsp3) is 0.923. The maximum absolute atomic E-state index is 11.5. The Bertz CT molecular complexity index is 254. The highest BCUT2D eigenvalue weighted by Crippen LogP contribution is 2.54. The normalized spacial score (nSPS) is 41.9. The first-order valence-electron chi connectivity index (χ1n) is 5.93. The average molecular weight is 194 g/mol. The van der Waals surface area contributed by atoms with Crippen molar-refractivity contribution in [1.82, 2.24) is 0 Å². The Labute approximate surface area is 87.3 Å². The minimum Gasteiger partial charge on any atom is -0.300 e. The first-order chi connectivity index (χ1) is 6.41. The Balaban J connectivity index is 2.15. The molecule has 0 saturated heterocycles. The molecule has 2 fully saturated rings. The number of hydrogen-bond donors (Lipinski definition) is 0. The first-order valence-corrected chi connectivity index (χ1v) is 5.93. The van der Waals surface area contributed by atoms with Crippen molar-refractivity contribution in [3.05, 3.63) is 0 Å². The van der Waals surface area contributed by atoms with Crippen LogP contribution < -0.4 is 0 Å². The van der Waals surface area contributed by atoms with Crippen LogP contribution in [0.1, 0.15) is 59.3 Å². The van der Waals surface area contributed by atoms with Crippen molar-refractivity contribution in [2.45, 2.75) is 59.3 Å². The van der Waals surface area contributed by atoms with Crippen LogP contribution in [0.4, 0.5) is 0 Å². The maximum atomic E-state index is 11.5. The number of Topliss-reactive ketones (excluding diaryl/α,β-unsaturated/α-hetero) is 1. The summed E-state index contributed by atoms with van der Waals surface area (Å²) in [5.41, 5.74) is 0.964. The van der Waals surface area contributed by atoms with E-state index in [0.29, 0.717) is 22.5 Å². The monoisotopic (exact) mass is 194 g/mol. The second kappa shape index (κ2) is 3.08. The second-order valence-electron chi connectivity index (χ2n) is 6.46. The van der Waals surface area contributed by atoms with Gasteiger partial charge in [-0.05, 0) is 42.4 Å². The highest BCUT2D eigenvalue weighted by atomic mass is 16.1. The van der Waals surface area contributed by atoms with Gasteiger partial charge in [-0.25, -0.2) is 0 Å². The van der Waals surface area contributed by atoms with E-state index in [-0.39, 0.29) is 0 Å². The summed E-state index contributed by atoms with van der Waals surface area (Å²) in [6, 6.07) is 0. The Morgan fingerprint density at radius 2 is 1.86 bits per heavy atom. The fourth-order valence-electron chi connectivity index (χ4n) is 3.29. The van der Waals surface area contributed by atoms with E-state index in [9.17, 15) is 4.79 Å². The molecule has 0 N–H and O–H groups in total. The summed E-state index contributed by atoms with van der Waals surface area (Å²) in [6.07, 6.45) is 6.78. The molecule has 80 valence electrons. The van der Waals surface area contributed by atoms with E-state index in [1.807, 2.05) is 0 Å². The zero-order valence-corrected chi connectivity index (χ0v) is 9.73. The summed E-state index contributed by atoms with van der Waals surface area (Å²) < 4.78 is 0. The molecular weight excluding hydrogens is 172 g/mol. The number of carbonyl (C=O) groups is 1. The SMILES string of the molecule is CC1(C)CCC2(C)CCC(=O)CC2C1. The third-order valence-electron chi connectivity index (χ3n) is 4.61. The number of carbonyl (C=O) groups excluding carboxylic acids is 1. The number of rotatable bonds is 0. The van der Waals surface area contributed by atoms with E-state index in [2.05, 4.69) is 20.8 Å². The quantitative estimate of drug-likeness (QED) is 0.576. The molecule has 0 amide bonds. The molecule has 2 atom stereocenters. The lowest BCUT2D eigenvalue weighted by Crippen LogP contribution is -2.41. The van der Waals surface area contributed by atoms with E-state index in [1.165, 1.54) is 19.3 Å². The van der Waals surface area contributed by atoms with Crippen LogP contribution in [0.3, 0.4) is 0 Å². The second-order valence-corrected chi connectivity index (χ2v) is 6.46.